The van der Waals surface area contributed by atoms with Gasteiger partial charge in [0.2, 0.25) is 35.4 Å². The summed E-state index contributed by atoms with van der Waals surface area (Å²) in [6.07, 6.45) is -1.15. The largest absolute Gasteiger partial charge is 0.508 e. The topological polar surface area (TPSA) is 348 Å². The van der Waals surface area contributed by atoms with Crippen LogP contribution < -0.4 is 49.5 Å². The molecule has 0 spiro atoms. The van der Waals surface area contributed by atoms with Gasteiger partial charge in [-0.25, -0.2) is 4.79 Å². The van der Waals surface area contributed by atoms with Crippen molar-refractivity contribution in [3.8, 4) is 5.75 Å². The Morgan fingerprint density at radius 1 is 0.778 bits per heavy atom. The van der Waals surface area contributed by atoms with Gasteiger partial charge in [-0.05, 0) is 43.9 Å². The molecule has 0 aliphatic rings. The van der Waals surface area contributed by atoms with Crippen molar-refractivity contribution in [1.29, 1.82) is 5.41 Å². The first-order valence-electron chi connectivity index (χ1n) is 13.6. The van der Waals surface area contributed by atoms with E-state index < -0.39 is 84.5 Å². The molecule has 0 radical (unpaired) electrons. The van der Waals surface area contributed by atoms with Gasteiger partial charge in [0.25, 0.3) is 0 Å². The molecule has 1 aromatic rings. The van der Waals surface area contributed by atoms with Crippen LogP contribution in [0.25, 0.3) is 0 Å². The maximum atomic E-state index is 13.1. The third kappa shape index (κ3) is 14.5. The van der Waals surface area contributed by atoms with Crippen molar-refractivity contribution in [2.45, 2.75) is 69.2 Å². The highest BCUT2D eigenvalue weighted by Crippen LogP contribution is 2.11. The lowest BCUT2D eigenvalue weighted by molar-refractivity contribution is -0.144. The minimum atomic E-state index is -1.75. The van der Waals surface area contributed by atoms with Gasteiger partial charge in [0.05, 0.1) is 18.9 Å². The van der Waals surface area contributed by atoms with Crippen LogP contribution in [-0.4, -0.2) is 94.3 Å². The molecular weight excluding hydrogens is 596 g/mol. The molecule has 0 fully saturated rings. The van der Waals surface area contributed by atoms with Crippen molar-refractivity contribution >= 4 is 47.4 Å². The number of hydrogen-bond donors (Lipinski definition) is 12. The quantitative estimate of drug-likeness (QED) is 0.0387. The van der Waals surface area contributed by atoms with Gasteiger partial charge in [-0.1, -0.05) is 12.1 Å². The molecule has 19 heteroatoms. The Bertz CT molecular complexity index is 1260. The van der Waals surface area contributed by atoms with Crippen LogP contribution in [-0.2, 0) is 40.0 Å². The SMILES string of the molecule is C[C@H](NC(=O)[C@H](CCCNC(=N)N)NC(=O)[C@@H](N)Cc1ccc(O)cc1)C(=O)N[C@@H](CC(N)=O)C(=O)N[C@@H](CC(N)=O)C(=O)O. The van der Waals surface area contributed by atoms with E-state index in [9.17, 15) is 43.8 Å². The third-order valence-corrected chi connectivity index (χ3v) is 6.16. The number of aliphatic carboxylic acids is 1. The zero-order valence-corrected chi connectivity index (χ0v) is 24.5. The minimum Gasteiger partial charge on any atom is -0.508 e. The Kier molecular flexibility index (Phi) is 15.2. The minimum absolute atomic E-state index is 0.0277. The number of carbonyl (C=O) groups is 7. The van der Waals surface area contributed by atoms with E-state index >= 15 is 0 Å². The number of nitrogens with one attached hydrogen (secondary N) is 6. The average Bonchev–Trinajstić information content (AvgIpc) is 2.94. The van der Waals surface area contributed by atoms with Crippen LogP contribution in [0, 0.1) is 5.41 Å². The molecule has 0 unspecified atom stereocenters. The number of rotatable bonds is 19. The molecule has 0 bridgehead atoms. The number of phenols is 1. The zero-order valence-electron chi connectivity index (χ0n) is 24.5. The first kappa shape index (κ1) is 37.6. The summed E-state index contributed by atoms with van der Waals surface area (Å²) in [5.41, 5.74) is 22.1. The summed E-state index contributed by atoms with van der Waals surface area (Å²) in [6.45, 7) is 1.42. The van der Waals surface area contributed by atoms with E-state index in [0.29, 0.717) is 5.56 Å². The van der Waals surface area contributed by atoms with E-state index in [1.54, 1.807) is 12.1 Å². The van der Waals surface area contributed by atoms with Crippen molar-refractivity contribution in [2.75, 3.05) is 6.54 Å². The fraction of sp³-hybridized carbons (Fsp3) is 0.462. The fourth-order valence-corrected chi connectivity index (χ4v) is 3.82. The zero-order chi connectivity index (χ0) is 34.3. The molecule has 0 aliphatic carbocycles. The second kappa shape index (κ2) is 18.3. The summed E-state index contributed by atoms with van der Waals surface area (Å²) in [4.78, 5) is 85.5. The molecule has 0 heterocycles. The summed E-state index contributed by atoms with van der Waals surface area (Å²) in [5, 5.41) is 37.6. The lowest BCUT2D eigenvalue weighted by Crippen LogP contribution is -2.58. The molecule has 19 nitrogen and oxygen atoms in total. The molecule has 45 heavy (non-hydrogen) atoms. The van der Waals surface area contributed by atoms with Gasteiger partial charge in [-0.15, -0.1) is 0 Å². The predicted octanol–water partition coefficient (Wildman–Crippen LogP) is -4.68. The number of hydrogen-bond acceptors (Lipinski definition) is 10. The van der Waals surface area contributed by atoms with Crippen molar-refractivity contribution in [2.24, 2.45) is 22.9 Å². The van der Waals surface area contributed by atoms with Gasteiger partial charge in [-0.2, -0.15) is 0 Å². The van der Waals surface area contributed by atoms with Crippen LogP contribution >= 0.6 is 0 Å². The Labute approximate surface area is 257 Å². The normalized spacial score (nSPS) is 13.9. The molecule has 0 aromatic heterocycles. The maximum absolute atomic E-state index is 13.1. The summed E-state index contributed by atoms with van der Waals surface area (Å²) >= 11 is 0. The monoisotopic (exact) mass is 636 g/mol. The van der Waals surface area contributed by atoms with Gasteiger partial charge in [0.15, 0.2) is 5.96 Å². The highest BCUT2D eigenvalue weighted by molar-refractivity contribution is 5.97. The molecule has 16 N–H and O–H groups in total. The second-order valence-electron chi connectivity index (χ2n) is 10.1. The molecule has 1 rings (SSSR count). The number of phenolic OH excluding ortho intramolecular Hbond substituents is 1. The molecular formula is C26H40N10O9. The van der Waals surface area contributed by atoms with Crippen LogP contribution in [0.4, 0.5) is 0 Å². The van der Waals surface area contributed by atoms with Crippen LogP contribution in [0.1, 0.15) is 38.2 Å². The number of carbonyl (C=O) groups excluding carboxylic acids is 6. The third-order valence-electron chi connectivity index (χ3n) is 6.16. The van der Waals surface area contributed by atoms with Crippen molar-refractivity contribution in [1.82, 2.24) is 26.6 Å². The molecule has 6 amide bonds. The second-order valence-corrected chi connectivity index (χ2v) is 10.1. The van der Waals surface area contributed by atoms with Crippen LogP contribution in [0.15, 0.2) is 24.3 Å². The van der Waals surface area contributed by atoms with E-state index in [1.807, 2.05) is 5.32 Å². The van der Waals surface area contributed by atoms with E-state index in [0.717, 1.165) is 0 Å². The predicted molar refractivity (Wildman–Crippen MR) is 158 cm³/mol. The number of carboxylic acids is 1. The summed E-state index contributed by atoms with van der Waals surface area (Å²) in [7, 11) is 0. The van der Waals surface area contributed by atoms with Crippen LogP contribution in [0.3, 0.4) is 0 Å². The molecule has 1 aromatic carbocycles. The Morgan fingerprint density at radius 3 is 1.82 bits per heavy atom. The Morgan fingerprint density at radius 2 is 1.29 bits per heavy atom. The molecule has 248 valence electrons. The van der Waals surface area contributed by atoms with Gasteiger partial charge < -0.3 is 59.7 Å². The Hall–Kier alpha value is -5.46. The average molecular weight is 637 g/mol. The van der Waals surface area contributed by atoms with Crippen LogP contribution in [0.5, 0.6) is 5.75 Å². The molecule has 0 saturated heterocycles. The lowest BCUT2D eigenvalue weighted by atomic mass is 10.0. The maximum Gasteiger partial charge on any atom is 0.326 e. The van der Waals surface area contributed by atoms with Crippen molar-refractivity contribution in [3.05, 3.63) is 29.8 Å². The first-order valence-corrected chi connectivity index (χ1v) is 13.6. The van der Waals surface area contributed by atoms with Gasteiger partial charge in [0, 0.05) is 6.54 Å². The van der Waals surface area contributed by atoms with Crippen molar-refractivity contribution in [3.63, 3.8) is 0 Å². The number of guanidine groups is 1. The summed E-state index contributed by atoms with van der Waals surface area (Å²) < 4.78 is 0. The number of amides is 6. The van der Waals surface area contributed by atoms with Crippen LogP contribution in [0.2, 0.25) is 0 Å². The van der Waals surface area contributed by atoms with E-state index in [4.69, 9.17) is 28.3 Å². The van der Waals surface area contributed by atoms with Gasteiger partial charge >= 0.3 is 5.97 Å². The van der Waals surface area contributed by atoms with Gasteiger partial charge in [-0.3, -0.25) is 34.2 Å². The molecule has 5 atom stereocenters. The number of benzene rings is 1. The molecule has 0 aliphatic heterocycles. The fourth-order valence-electron chi connectivity index (χ4n) is 3.82. The molecule has 0 saturated carbocycles. The summed E-state index contributed by atoms with van der Waals surface area (Å²) in [5.74, 6) is -7.56. The highest BCUT2D eigenvalue weighted by atomic mass is 16.4. The smallest absolute Gasteiger partial charge is 0.326 e. The number of carboxylic acid groups (broad SMARTS) is 1. The van der Waals surface area contributed by atoms with Gasteiger partial charge in [0.1, 0.15) is 29.9 Å². The lowest BCUT2D eigenvalue weighted by Gasteiger charge is -2.24. The van der Waals surface area contributed by atoms with E-state index in [-0.39, 0.29) is 37.5 Å². The number of nitrogens with two attached hydrogens (primary N) is 4. The van der Waals surface area contributed by atoms with E-state index in [1.165, 1.54) is 19.1 Å². The van der Waals surface area contributed by atoms with E-state index in [2.05, 4.69) is 21.3 Å². The first-order chi connectivity index (χ1) is 21.0. The standard InChI is InChI=1S/C26H40N10O9/c1-12(21(40)35-17(10-19(28)38)24(43)36-18(25(44)45)11-20(29)39)33-23(42)16(3-2-8-32-26(30)31)34-22(41)15(27)9-13-4-6-14(37)7-5-13/h4-7,12,15-18,37H,2-3,8-11,27H2,1H3,(H2,28,38)(H2,29,39)(H,33,42)(H,34,41)(H,35,40)(H,36,43)(H,44,45)(H4,30,31,32)/t12-,15-,16-,17-,18-/m0/s1. The summed E-state index contributed by atoms with van der Waals surface area (Å²) in [6, 6.07) is -1.06. The Balaban J connectivity index is 2.97. The number of primary amides is 2. The highest BCUT2D eigenvalue weighted by Gasteiger charge is 2.31. The number of aromatic hydroxyl groups is 1. The van der Waals surface area contributed by atoms with Crippen molar-refractivity contribution < 1.29 is 43.8 Å².